The quantitative estimate of drug-likeness (QED) is 0.717. The van der Waals surface area contributed by atoms with Crippen molar-refractivity contribution >= 4 is 12.2 Å². The van der Waals surface area contributed by atoms with Gasteiger partial charge in [0.05, 0.1) is 20.3 Å². The highest BCUT2D eigenvalue weighted by atomic mass is 16.8. The van der Waals surface area contributed by atoms with E-state index in [0.717, 1.165) is 16.9 Å². The van der Waals surface area contributed by atoms with E-state index in [0.29, 0.717) is 6.61 Å². The summed E-state index contributed by atoms with van der Waals surface area (Å²) in [4.78, 5) is 11.4. The molecule has 5 heteroatoms. The van der Waals surface area contributed by atoms with Crippen molar-refractivity contribution in [1.29, 1.82) is 0 Å². The molecule has 1 saturated heterocycles. The van der Waals surface area contributed by atoms with Crippen molar-refractivity contribution in [3.63, 3.8) is 0 Å². The lowest BCUT2D eigenvalue weighted by Gasteiger charge is -2.12. The summed E-state index contributed by atoms with van der Waals surface area (Å²) in [6.45, 7) is 0.738. The number of ether oxygens (including phenoxy) is 4. The SMILES string of the molecule is COc1ccc(/C=C/[C@@H]2OC(=O)O[C@H]2COCc2ccccc2)cc1. The van der Waals surface area contributed by atoms with Crippen LogP contribution < -0.4 is 4.74 Å². The molecule has 0 aromatic heterocycles. The van der Waals surface area contributed by atoms with Gasteiger partial charge < -0.3 is 18.9 Å². The van der Waals surface area contributed by atoms with E-state index < -0.39 is 18.4 Å². The lowest BCUT2D eigenvalue weighted by atomic mass is 10.1. The summed E-state index contributed by atoms with van der Waals surface area (Å²) in [5.74, 6) is 0.792. The molecule has 0 unspecified atom stereocenters. The average Bonchev–Trinajstić information content (AvgIpc) is 3.01. The molecule has 1 aliphatic rings. The third-order valence-corrected chi connectivity index (χ3v) is 3.83. The Labute approximate surface area is 146 Å². The fourth-order valence-corrected chi connectivity index (χ4v) is 2.49. The highest BCUT2D eigenvalue weighted by Crippen LogP contribution is 2.19. The number of carbonyl (C=O) groups is 1. The number of hydrogen-bond donors (Lipinski definition) is 0. The number of hydrogen-bond acceptors (Lipinski definition) is 5. The molecule has 2 atom stereocenters. The molecule has 5 nitrogen and oxygen atoms in total. The van der Waals surface area contributed by atoms with E-state index in [1.54, 1.807) is 7.11 Å². The van der Waals surface area contributed by atoms with Gasteiger partial charge in [0.25, 0.3) is 0 Å². The standard InChI is InChI=1S/C20H20O5/c1-22-17-10-7-15(8-11-17)9-12-18-19(25-20(21)24-18)14-23-13-16-5-3-2-4-6-16/h2-12,18-19H,13-14H2,1H3/b12-9+/t18-,19-/m0/s1. The lowest BCUT2D eigenvalue weighted by molar-refractivity contribution is 0.0306. The van der Waals surface area contributed by atoms with Gasteiger partial charge in [0.2, 0.25) is 0 Å². The molecule has 0 N–H and O–H groups in total. The van der Waals surface area contributed by atoms with Crippen LogP contribution in [-0.2, 0) is 20.8 Å². The van der Waals surface area contributed by atoms with Gasteiger partial charge in [-0.2, -0.15) is 0 Å². The van der Waals surface area contributed by atoms with Gasteiger partial charge in [-0.1, -0.05) is 48.5 Å². The molecule has 1 aliphatic heterocycles. The summed E-state index contributed by atoms with van der Waals surface area (Å²) in [5, 5.41) is 0. The zero-order chi connectivity index (χ0) is 17.5. The van der Waals surface area contributed by atoms with Crippen molar-refractivity contribution in [1.82, 2.24) is 0 Å². The fourth-order valence-electron chi connectivity index (χ4n) is 2.49. The maximum absolute atomic E-state index is 11.4. The average molecular weight is 340 g/mol. The van der Waals surface area contributed by atoms with Gasteiger partial charge in [-0.05, 0) is 29.3 Å². The van der Waals surface area contributed by atoms with Crippen LogP contribution in [0.4, 0.5) is 4.79 Å². The molecule has 0 saturated carbocycles. The Morgan fingerprint density at radius 2 is 1.80 bits per heavy atom. The molecule has 0 bridgehead atoms. The molecule has 0 aliphatic carbocycles. The van der Waals surface area contributed by atoms with Crippen molar-refractivity contribution in [2.75, 3.05) is 13.7 Å². The molecule has 25 heavy (non-hydrogen) atoms. The first-order chi connectivity index (χ1) is 12.2. The molecular formula is C20H20O5. The highest BCUT2D eigenvalue weighted by molar-refractivity contribution is 5.64. The Morgan fingerprint density at radius 3 is 2.52 bits per heavy atom. The van der Waals surface area contributed by atoms with E-state index in [2.05, 4.69) is 0 Å². The molecule has 130 valence electrons. The minimum Gasteiger partial charge on any atom is -0.497 e. The molecule has 2 aromatic rings. The predicted octanol–water partition coefficient (Wildman–Crippen LogP) is 3.83. The van der Waals surface area contributed by atoms with Gasteiger partial charge in [-0.3, -0.25) is 0 Å². The van der Waals surface area contributed by atoms with Gasteiger partial charge in [0.15, 0.2) is 12.2 Å². The Morgan fingerprint density at radius 1 is 1.04 bits per heavy atom. The molecular weight excluding hydrogens is 320 g/mol. The number of methoxy groups -OCH3 is 1. The minimum absolute atomic E-state index is 0.276. The summed E-state index contributed by atoms with van der Waals surface area (Å²) in [6.07, 6.45) is 2.10. The van der Waals surface area contributed by atoms with Crippen molar-refractivity contribution in [2.45, 2.75) is 18.8 Å². The van der Waals surface area contributed by atoms with Crippen LogP contribution in [0.3, 0.4) is 0 Å². The first kappa shape index (κ1) is 17.0. The van der Waals surface area contributed by atoms with E-state index in [1.165, 1.54) is 0 Å². The molecule has 0 radical (unpaired) electrons. The lowest BCUT2D eigenvalue weighted by Crippen LogP contribution is -2.26. The van der Waals surface area contributed by atoms with Gasteiger partial charge in [0.1, 0.15) is 5.75 Å². The van der Waals surface area contributed by atoms with Crippen LogP contribution in [0.15, 0.2) is 60.7 Å². The Hall–Kier alpha value is -2.79. The Bertz CT molecular complexity index is 709. The highest BCUT2D eigenvalue weighted by Gasteiger charge is 2.34. The molecule has 2 aromatic carbocycles. The number of benzene rings is 2. The van der Waals surface area contributed by atoms with Gasteiger partial charge in [-0.15, -0.1) is 0 Å². The van der Waals surface area contributed by atoms with Crippen LogP contribution in [0.25, 0.3) is 6.08 Å². The van der Waals surface area contributed by atoms with Crippen molar-refractivity contribution in [3.8, 4) is 5.75 Å². The van der Waals surface area contributed by atoms with Crippen LogP contribution in [0, 0.1) is 0 Å². The van der Waals surface area contributed by atoms with Gasteiger partial charge >= 0.3 is 6.16 Å². The maximum Gasteiger partial charge on any atom is 0.509 e. The fraction of sp³-hybridized carbons (Fsp3) is 0.250. The third kappa shape index (κ3) is 4.84. The molecule has 3 rings (SSSR count). The van der Waals surface area contributed by atoms with Crippen LogP contribution in [0.2, 0.25) is 0 Å². The van der Waals surface area contributed by atoms with Crippen molar-refractivity contribution < 1.29 is 23.7 Å². The number of carbonyl (C=O) groups excluding carboxylic acids is 1. The second-order valence-electron chi connectivity index (χ2n) is 5.62. The van der Waals surface area contributed by atoms with E-state index >= 15 is 0 Å². The van der Waals surface area contributed by atoms with Gasteiger partial charge in [-0.25, -0.2) is 4.79 Å². The van der Waals surface area contributed by atoms with E-state index in [-0.39, 0.29) is 6.61 Å². The first-order valence-corrected chi connectivity index (χ1v) is 8.06. The smallest absolute Gasteiger partial charge is 0.497 e. The normalized spacial score (nSPS) is 19.6. The van der Waals surface area contributed by atoms with E-state index in [9.17, 15) is 4.79 Å². The first-order valence-electron chi connectivity index (χ1n) is 8.06. The summed E-state index contributed by atoms with van der Waals surface area (Å²) in [5.41, 5.74) is 2.05. The van der Waals surface area contributed by atoms with Crippen LogP contribution in [0.5, 0.6) is 5.75 Å². The predicted molar refractivity (Wildman–Crippen MR) is 93.3 cm³/mol. The minimum atomic E-state index is -0.669. The summed E-state index contributed by atoms with van der Waals surface area (Å²) < 4.78 is 21.2. The third-order valence-electron chi connectivity index (χ3n) is 3.83. The molecule has 1 fully saturated rings. The second-order valence-corrected chi connectivity index (χ2v) is 5.62. The molecule has 1 heterocycles. The topological polar surface area (TPSA) is 54.0 Å². The van der Waals surface area contributed by atoms with E-state index in [1.807, 2.05) is 66.7 Å². The second kappa shape index (κ2) is 8.35. The summed E-state index contributed by atoms with van der Waals surface area (Å²) >= 11 is 0. The number of cyclic esters (lactones) is 2. The monoisotopic (exact) mass is 340 g/mol. The Kier molecular flexibility index (Phi) is 5.69. The van der Waals surface area contributed by atoms with Crippen LogP contribution >= 0.6 is 0 Å². The van der Waals surface area contributed by atoms with Crippen molar-refractivity contribution in [3.05, 3.63) is 71.8 Å². The molecule has 0 spiro atoms. The Balaban J connectivity index is 1.55. The zero-order valence-electron chi connectivity index (χ0n) is 14.0. The van der Waals surface area contributed by atoms with Gasteiger partial charge in [0, 0.05) is 0 Å². The zero-order valence-corrected chi connectivity index (χ0v) is 14.0. The number of rotatable bonds is 7. The summed E-state index contributed by atoms with van der Waals surface area (Å²) in [7, 11) is 1.63. The van der Waals surface area contributed by atoms with Crippen LogP contribution in [0.1, 0.15) is 11.1 Å². The maximum atomic E-state index is 11.4. The van der Waals surface area contributed by atoms with Crippen LogP contribution in [-0.4, -0.2) is 32.1 Å². The largest absolute Gasteiger partial charge is 0.509 e. The van der Waals surface area contributed by atoms with Crippen molar-refractivity contribution in [2.24, 2.45) is 0 Å². The van der Waals surface area contributed by atoms with E-state index in [4.69, 9.17) is 18.9 Å². The summed E-state index contributed by atoms with van der Waals surface area (Å²) in [6, 6.07) is 17.4. The molecule has 0 amide bonds.